The fourth-order valence-electron chi connectivity index (χ4n) is 3.87. The van der Waals surface area contributed by atoms with Gasteiger partial charge in [0.15, 0.2) is 5.16 Å². The van der Waals surface area contributed by atoms with E-state index in [1.165, 1.54) is 10.5 Å². The maximum Gasteiger partial charge on any atom is 0.268 e. The highest BCUT2D eigenvalue weighted by molar-refractivity contribution is 7.99. The van der Waals surface area contributed by atoms with E-state index in [0.29, 0.717) is 32.8 Å². The van der Waals surface area contributed by atoms with Crippen LogP contribution in [0.25, 0.3) is 11.3 Å². The molecule has 3 aromatic carbocycles. The van der Waals surface area contributed by atoms with Gasteiger partial charge in [-0.25, -0.2) is 18.4 Å². The molecule has 5 rings (SSSR count). The number of anilines is 2. The Kier molecular flexibility index (Phi) is 6.70. The van der Waals surface area contributed by atoms with Crippen LogP contribution < -0.4 is 9.62 Å². The van der Waals surface area contributed by atoms with Crippen molar-refractivity contribution in [2.24, 2.45) is 0 Å². The lowest BCUT2D eigenvalue weighted by Crippen LogP contribution is -2.34. The summed E-state index contributed by atoms with van der Waals surface area (Å²) in [5, 5.41) is 3.61. The van der Waals surface area contributed by atoms with Crippen LogP contribution in [0.4, 0.5) is 11.4 Å². The van der Waals surface area contributed by atoms with Crippen LogP contribution in [0.5, 0.6) is 0 Å². The fourth-order valence-corrected chi connectivity index (χ4v) is 6.23. The zero-order valence-electron chi connectivity index (χ0n) is 19.2. The highest BCUT2D eigenvalue weighted by Crippen LogP contribution is 2.42. The number of aryl methyl sites for hydroxylation is 1. The summed E-state index contributed by atoms with van der Waals surface area (Å²) in [6.07, 6.45) is 1.33. The third kappa shape index (κ3) is 4.95. The smallest absolute Gasteiger partial charge is 0.268 e. The van der Waals surface area contributed by atoms with Gasteiger partial charge in [0, 0.05) is 16.3 Å². The van der Waals surface area contributed by atoms with Crippen LogP contribution >= 0.6 is 23.4 Å². The lowest BCUT2D eigenvalue weighted by atomic mass is 10.1. The van der Waals surface area contributed by atoms with Crippen molar-refractivity contribution in [3.05, 3.63) is 95.1 Å². The van der Waals surface area contributed by atoms with Crippen molar-refractivity contribution in [3.63, 3.8) is 0 Å². The predicted molar refractivity (Wildman–Crippen MR) is 143 cm³/mol. The Bertz CT molecular complexity index is 1560. The lowest BCUT2D eigenvalue weighted by Gasteiger charge is -2.31. The molecule has 0 radical (unpaired) electrons. The fraction of sp³-hybridized carbons (Fsp3) is 0.115. The monoisotopic (exact) mass is 536 g/mol. The number of para-hydroxylation sites is 1. The predicted octanol–water partition coefficient (Wildman–Crippen LogP) is 5.55. The number of aromatic nitrogens is 2. The first-order valence-electron chi connectivity index (χ1n) is 11.0. The number of nitrogens with one attached hydrogen (secondary N) is 1. The zero-order valence-corrected chi connectivity index (χ0v) is 21.6. The first-order valence-corrected chi connectivity index (χ1v) is 13.8. The Labute approximate surface area is 218 Å². The number of sulfonamides is 1. The quantitative estimate of drug-likeness (QED) is 0.257. The summed E-state index contributed by atoms with van der Waals surface area (Å²) in [5.74, 6) is -0.194. The minimum absolute atomic E-state index is 0.0426. The molecule has 10 heteroatoms. The van der Waals surface area contributed by atoms with E-state index in [-0.39, 0.29) is 23.1 Å². The van der Waals surface area contributed by atoms with E-state index in [1.807, 2.05) is 43.3 Å². The Hall–Kier alpha value is -3.40. The van der Waals surface area contributed by atoms with Crippen LogP contribution in [0.1, 0.15) is 11.1 Å². The van der Waals surface area contributed by atoms with Crippen LogP contribution in [0.3, 0.4) is 0 Å². The van der Waals surface area contributed by atoms with E-state index in [2.05, 4.69) is 15.3 Å². The normalized spacial score (nSPS) is 13.6. The molecule has 4 aromatic rings. The van der Waals surface area contributed by atoms with Gasteiger partial charge >= 0.3 is 0 Å². The molecular weight excluding hydrogens is 516 g/mol. The molecule has 0 aliphatic carbocycles. The summed E-state index contributed by atoms with van der Waals surface area (Å²) in [6, 6.07) is 21.9. The number of hydrogen-bond acceptors (Lipinski definition) is 6. The van der Waals surface area contributed by atoms with Crippen molar-refractivity contribution in [1.29, 1.82) is 0 Å². The first kappa shape index (κ1) is 24.3. The number of nitrogens with zero attached hydrogens (tertiary/aromatic N) is 3. The van der Waals surface area contributed by atoms with Crippen molar-refractivity contribution in [1.82, 2.24) is 9.97 Å². The molecule has 0 unspecified atom stereocenters. The van der Waals surface area contributed by atoms with Gasteiger partial charge in [-0.05, 0) is 36.8 Å². The molecule has 0 saturated heterocycles. The molecule has 1 aliphatic rings. The second kappa shape index (κ2) is 9.93. The zero-order chi connectivity index (χ0) is 25.3. The van der Waals surface area contributed by atoms with E-state index >= 15 is 0 Å². The van der Waals surface area contributed by atoms with Crippen molar-refractivity contribution < 1.29 is 13.2 Å². The summed E-state index contributed by atoms with van der Waals surface area (Å²) in [7, 11) is -3.89. The van der Waals surface area contributed by atoms with Crippen LogP contribution in [-0.4, -0.2) is 30.0 Å². The average Bonchev–Trinajstić information content (AvgIpc) is 2.86. The number of hydrogen-bond donors (Lipinski definition) is 1. The van der Waals surface area contributed by atoms with E-state index < -0.39 is 10.0 Å². The van der Waals surface area contributed by atoms with Gasteiger partial charge in [-0.1, -0.05) is 77.5 Å². The number of carbonyl (C=O) groups is 1. The molecule has 0 fully saturated rings. The molecular formula is C26H21ClN4O3S2. The number of carbonyl (C=O) groups excluding carboxylic acids is 1. The summed E-state index contributed by atoms with van der Waals surface area (Å²) >= 11 is 7.09. The third-order valence-corrected chi connectivity index (χ3v) is 8.47. The highest BCUT2D eigenvalue weighted by Gasteiger charge is 2.36. The van der Waals surface area contributed by atoms with Gasteiger partial charge in [-0.15, -0.1) is 0 Å². The molecule has 0 saturated carbocycles. The van der Waals surface area contributed by atoms with E-state index in [4.69, 9.17) is 11.6 Å². The summed E-state index contributed by atoms with van der Waals surface area (Å²) in [4.78, 5) is 21.2. The van der Waals surface area contributed by atoms with Crippen molar-refractivity contribution in [2.45, 2.75) is 23.5 Å². The Morgan fingerprint density at radius 3 is 2.61 bits per heavy atom. The number of fused-ring (bicyclic) bond motifs is 3. The molecule has 36 heavy (non-hydrogen) atoms. The van der Waals surface area contributed by atoms with Crippen molar-refractivity contribution in [2.75, 3.05) is 15.4 Å². The maximum atomic E-state index is 13.6. The molecule has 1 aliphatic heterocycles. The Morgan fingerprint density at radius 1 is 1.06 bits per heavy atom. The van der Waals surface area contributed by atoms with Crippen LogP contribution in [0, 0.1) is 6.92 Å². The summed E-state index contributed by atoms with van der Waals surface area (Å²) in [5.41, 5.74) is 4.15. The van der Waals surface area contributed by atoms with Gasteiger partial charge in [-0.3, -0.25) is 9.10 Å². The summed E-state index contributed by atoms with van der Waals surface area (Å²) < 4.78 is 28.6. The SMILES string of the molecule is Cc1ccc(CN2c3ccccc3-c3nc(SCC(=O)Nc4cccc(Cl)c4)ncc3S2(=O)=O)cc1. The van der Waals surface area contributed by atoms with Crippen molar-refractivity contribution in [3.8, 4) is 11.3 Å². The van der Waals surface area contributed by atoms with E-state index in [0.717, 1.165) is 22.9 Å². The molecule has 0 spiro atoms. The van der Waals surface area contributed by atoms with Gasteiger partial charge < -0.3 is 5.32 Å². The number of halogens is 1. The second-order valence-corrected chi connectivity index (χ2v) is 11.4. The second-order valence-electron chi connectivity index (χ2n) is 8.23. The number of thioether (sulfide) groups is 1. The van der Waals surface area contributed by atoms with Gasteiger partial charge in [0.05, 0.1) is 29.9 Å². The van der Waals surface area contributed by atoms with Crippen LogP contribution in [0.15, 0.2) is 89.0 Å². The molecule has 2 heterocycles. The standard InChI is InChI=1S/C26H21ClN4O3S2/c1-17-9-11-18(12-10-17)15-31-22-8-3-2-7-21(22)25-23(36(31,33)34)14-28-26(30-25)35-16-24(32)29-20-6-4-5-19(27)13-20/h2-14H,15-16H2,1H3,(H,29,32). The van der Waals surface area contributed by atoms with Gasteiger partial charge in [0.25, 0.3) is 10.0 Å². The van der Waals surface area contributed by atoms with E-state index in [9.17, 15) is 13.2 Å². The van der Waals surface area contributed by atoms with Gasteiger partial charge in [-0.2, -0.15) is 0 Å². The number of benzene rings is 3. The minimum atomic E-state index is -3.89. The Balaban J connectivity index is 1.41. The molecule has 0 bridgehead atoms. The largest absolute Gasteiger partial charge is 0.325 e. The topological polar surface area (TPSA) is 92.3 Å². The number of amides is 1. The molecule has 1 N–H and O–H groups in total. The minimum Gasteiger partial charge on any atom is -0.325 e. The van der Waals surface area contributed by atoms with Crippen molar-refractivity contribution >= 4 is 50.7 Å². The Morgan fingerprint density at radius 2 is 1.83 bits per heavy atom. The number of rotatable bonds is 6. The molecule has 1 amide bonds. The van der Waals surface area contributed by atoms with Gasteiger partial charge in [0.1, 0.15) is 4.90 Å². The molecule has 0 atom stereocenters. The van der Waals surface area contributed by atoms with Gasteiger partial charge in [0.2, 0.25) is 5.91 Å². The molecule has 7 nitrogen and oxygen atoms in total. The third-order valence-electron chi connectivity index (χ3n) is 5.62. The molecule has 182 valence electrons. The van der Waals surface area contributed by atoms with E-state index in [1.54, 1.807) is 36.4 Å². The lowest BCUT2D eigenvalue weighted by molar-refractivity contribution is -0.113. The summed E-state index contributed by atoms with van der Waals surface area (Å²) in [6.45, 7) is 2.18. The molecule has 1 aromatic heterocycles. The average molecular weight is 537 g/mol. The van der Waals surface area contributed by atoms with Crippen LogP contribution in [0.2, 0.25) is 5.02 Å². The maximum absolute atomic E-state index is 13.6. The van der Waals surface area contributed by atoms with Crippen LogP contribution in [-0.2, 0) is 21.4 Å². The first-order chi connectivity index (χ1) is 17.3. The highest BCUT2D eigenvalue weighted by atomic mass is 35.5.